The topological polar surface area (TPSA) is 45.6 Å². The van der Waals surface area contributed by atoms with Crippen molar-refractivity contribution in [2.24, 2.45) is 5.73 Å². The highest BCUT2D eigenvalue weighted by Gasteiger charge is 2.21. The Morgan fingerprint density at radius 1 is 1.38 bits per heavy atom. The van der Waals surface area contributed by atoms with E-state index in [-0.39, 0.29) is 0 Å². The second-order valence-corrected chi connectivity index (χ2v) is 4.57. The van der Waals surface area contributed by atoms with Crippen LogP contribution in [0.1, 0.15) is 24.3 Å². The molecule has 90 valence electrons. The van der Waals surface area contributed by atoms with E-state index in [4.69, 9.17) is 10.2 Å². The fourth-order valence-corrected chi connectivity index (χ4v) is 2.14. The van der Waals surface area contributed by atoms with Gasteiger partial charge >= 0.3 is 0 Å². The van der Waals surface area contributed by atoms with Gasteiger partial charge in [0.05, 0.1) is 12.8 Å². The number of nitrogens with zero attached hydrogens (tertiary/aromatic N) is 2. The van der Waals surface area contributed by atoms with Crippen LogP contribution in [0.25, 0.3) is 0 Å². The molecule has 2 heterocycles. The van der Waals surface area contributed by atoms with Gasteiger partial charge in [-0.25, -0.2) is 0 Å². The fourth-order valence-electron chi connectivity index (χ4n) is 2.14. The maximum absolute atomic E-state index is 5.55. The summed E-state index contributed by atoms with van der Waals surface area (Å²) in [5.74, 6) is 0.871. The zero-order valence-corrected chi connectivity index (χ0v) is 10.1. The molecule has 1 saturated heterocycles. The normalized spacial score (nSPS) is 21.2. The Balaban J connectivity index is 1.98. The van der Waals surface area contributed by atoms with Gasteiger partial charge in [-0.1, -0.05) is 0 Å². The van der Waals surface area contributed by atoms with Gasteiger partial charge in [-0.2, -0.15) is 0 Å². The van der Waals surface area contributed by atoms with E-state index in [0.717, 1.165) is 31.9 Å². The first-order valence-corrected chi connectivity index (χ1v) is 5.90. The summed E-state index contributed by atoms with van der Waals surface area (Å²) >= 11 is 0. The zero-order chi connectivity index (χ0) is 11.5. The minimum Gasteiger partial charge on any atom is -0.468 e. The van der Waals surface area contributed by atoms with Gasteiger partial charge in [-0.05, 0) is 20.0 Å². The number of piperazine rings is 1. The Morgan fingerprint density at radius 3 is 2.62 bits per heavy atom. The number of hydrogen-bond acceptors (Lipinski definition) is 4. The highest BCUT2D eigenvalue weighted by atomic mass is 16.3. The van der Waals surface area contributed by atoms with Crippen LogP contribution in [0.4, 0.5) is 0 Å². The molecule has 0 radical (unpaired) electrons. The Hall–Kier alpha value is -0.840. The van der Waals surface area contributed by atoms with Crippen LogP contribution in [0, 0.1) is 0 Å². The van der Waals surface area contributed by atoms with Crippen LogP contribution in [0.2, 0.25) is 0 Å². The average molecular weight is 223 g/mol. The predicted octanol–water partition coefficient (Wildman–Crippen LogP) is 1.05. The van der Waals surface area contributed by atoms with Crippen LogP contribution < -0.4 is 5.73 Å². The summed E-state index contributed by atoms with van der Waals surface area (Å²) in [5, 5.41) is 0. The molecule has 0 saturated carbocycles. The quantitative estimate of drug-likeness (QED) is 0.832. The Morgan fingerprint density at radius 2 is 2.06 bits per heavy atom. The highest BCUT2D eigenvalue weighted by Crippen LogP contribution is 2.23. The third-order valence-electron chi connectivity index (χ3n) is 3.44. The molecule has 1 aromatic rings. The molecule has 4 nitrogen and oxygen atoms in total. The summed E-state index contributed by atoms with van der Waals surface area (Å²) in [6.07, 6.45) is 1.84. The van der Waals surface area contributed by atoms with Crippen molar-refractivity contribution in [2.45, 2.75) is 19.5 Å². The molecular formula is C12H21N3O. The van der Waals surface area contributed by atoms with Crippen molar-refractivity contribution in [1.29, 1.82) is 0 Å². The summed E-state index contributed by atoms with van der Waals surface area (Å²) in [4.78, 5) is 4.86. The SMILES string of the molecule is CC(c1coc(CN)c1)N1CCN(C)CC1. The van der Waals surface area contributed by atoms with E-state index in [1.807, 2.05) is 6.26 Å². The van der Waals surface area contributed by atoms with Crippen molar-refractivity contribution >= 4 is 0 Å². The van der Waals surface area contributed by atoms with Gasteiger partial charge in [0.1, 0.15) is 5.76 Å². The second kappa shape index (κ2) is 4.99. The number of rotatable bonds is 3. The fraction of sp³-hybridized carbons (Fsp3) is 0.667. The van der Waals surface area contributed by atoms with Crippen molar-refractivity contribution in [3.63, 3.8) is 0 Å². The van der Waals surface area contributed by atoms with Crippen LogP contribution >= 0.6 is 0 Å². The lowest BCUT2D eigenvalue weighted by molar-refractivity contribution is 0.119. The summed E-state index contributed by atoms with van der Waals surface area (Å²) < 4.78 is 5.38. The van der Waals surface area contributed by atoms with Gasteiger partial charge < -0.3 is 15.1 Å². The molecule has 1 fully saturated rings. The summed E-state index contributed by atoms with van der Waals surface area (Å²) in [6, 6.07) is 2.50. The summed E-state index contributed by atoms with van der Waals surface area (Å²) in [5.41, 5.74) is 6.79. The lowest BCUT2D eigenvalue weighted by atomic mass is 10.1. The molecule has 0 aromatic carbocycles. The molecule has 4 heteroatoms. The molecule has 16 heavy (non-hydrogen) atoms. The standard InChI is InChI=1S/C12H21N3O/c1-10(11-7-12(8-13)16-9-11)15-5-3-14(2)4-6-15/h7,9-10H,3-6,8,13H2,1-2H3. The van der Waals surface area contributed by atoms with E-state index >= 15 is 0 Å². The van der Waals surface area contributed by atoms with Crippen LogP contribution in [0.15, 0.2) is 16.7 Å². The summed E-state index contributed by atoms with van der Waals surface area (Å²) in [6.45, 7) is 7.26. The molecule has 1 unspecified atom stereocenters. The van der Waals surface area contributed by atoms with E-state index in [1.165, 1.54) is 5.56 Å². The molecule has 1 aliphatic heterocycles. The lowest BCUT2D eigenvalue weighted by Gasteiger charge is -2.36. The van der Waals surface area contributed by atoms with Crippen molar-refractivity contribution in [1.82, 2.24) is 9.80 Å². The van der Waals surface area contributed by atoms with Gasteiger partial charge in [-0.15, -0.1) is 0 Å². The number of furan rings is 1. The molecule has 2 rings (SSSR count). The van der Waals surface area contributed by atoms with E-state index in [1.54, 1.807) is 0 Å². The van der Waals surface area contributed by atoms with Crippen molar-refractivity contribution < 1.29 is 4.42 Å². The van der Waals surface area contributed by atoms with E-state index < -0.39 is 0 Å². The summed E-state index contributed by atoms with van der Waals surface area (Å²) in [7, 11) is 2.17. The van der Waals surface area contributed by atoms with Crippen molar-refractivity contribution in [2.75, 3.05) is 33.2 Å². The maximum Gasteiger partial charge on any atom is 0.117 e. The first kappa shape index (κ1) is 11.6. The molecule has 0 spiro atoms. The first-order valence-electron chi connectivity index (χ1n) is 5.90. The Labute approximate surface area is 97.0 Å². The first-order chi connectivity index (χ1) is 7.70. The van der Waals surface area contributed by atoms with E-state index in [0.29, 0.717) is 12.6 Å². The van der Waals surface area contributed by atoms with Crippen molar-refractivity contribution in [3.8, 4) is 0 Å². The third-order valence-corrected chi connectivity index (χ3v) is 3.44. The molecule has 0 amide bonds. The van der Waals surface area contributed by atoms with Gasteiger partial charge in [0.15, 0.2) is 0 Å². The van der Waals surface area contributed by atoms with Gasteiger partial charge in [0.2, 0.25) is 0 Å². The number of hydrogen-bond donors (Lipinski definition) is 1. The van der Waals surface area contributed by atoms with Crippen molar-refractivity contribution in [3.05, 3.63) is 23.7 Å². The maximum atomic E-state index is 5.55. The predicted molar refractivity (Wildman–Crippen MR) is 64.1 cm³/mol. The Bertz CT molecular complexity index is 329. The molecule has 1 aromatic heterocycles. The second-order valence-electron chi connectivity index (χ2n) is 4.57. The number of likely N-dealkylation sites (N-methyl/N-ethyl adjacent to an activating group) is 1. The van der Waals surface area contributed by atoms with Crippen LogP contribution in [0.5, 0.6) is 0 Å². The minimum atomic E-state index is 0.428. The molecular weight excluding hydrogens is 202 g/mol. The van der Waals surface area contributed by atoms with Crippen LogP contribution in [0.3, 0.4) is 0 Å². The molecule has 2 N–H and O–H groups in total. The molecule has 0 bridgehead atoms. The van der Waals surface area contributed by atoms with Crippen LogP contribution in [-0.4, -0.2) is 43.0 Å². The number of nitrogens with two attached hydrogens (primary N) is 1. The van der Waals surface area contributed by atoms with Gasteiger partial charge in [0, 0.05) is 37.8 Å². The Kier molecular flexibility index (Phi) is 3.63. The van der Waals surface area contributed by atoms with Crippen LogP contribution in [-0.2, 0) is 6.54 Å². The van der Waals surface area contributed by atoms with Gasteiger partial charge in [-0.3, -0.25) is 4.90 Å². The smallest absolute Gasteiger partial charge is 0.117 e. The minimum absolute atomic E-state index is 0.428. The largest absolute Gasteiger partial charge is 0.468 e. The zero-order valence-electron chi connectivity index (χ0n) is 10.1. The molecule has 1 atom stereocenters. The van der Waals surface area contributed by atoms with E-state index in [9.17, 15) is 0 Å². The third kappa shape index (κ3) is 2.45. The highest BCUT2D eigenvalue weighted by molar-refractivity contribution is 5.16. The molecule has 1 aliphatic rings. The average Bonchev–Trinajstić information content (AvgIpc) is 2.77. The van der Waals surface area contributed by atoms with Gasteiger partial charge in [0.25, 0.3) is 0 Å². The monoisotopic (exact) mass is 223 g/mol. The lowest BCUT2D eigenvalue weighted by Crippen LogP contribution is -2.45. The molecule has 0 aliphatic carbocycles. The van der Waals surface area contributed by atoms with E-state index in [2.05, 4.69) is 29.8 Å².